The van der Waals surface area contributed by atoms with E-state index in [4.69, 9.17) is 10.5 Å². The van der Waals surface area contributed by atoms with E-state index >= 15 is 0 Å². The van der Waals surface area contributed by atoms with Crippen molar-refractivity contribution in [1.82, 2.24) is 4.90 Å². The summed E-state index contributed by atoms with van der Waals surface area (Å²) in [6.07, 6.45) is 5.04. The summed E-state index contributed by atoms with van der Waals surface area (Å²) < 4.78 is 5.05. The van der Waals surface area contributed by atoms with Gasteiger partial charge in [0.05, 0.1) is 19.3 Å². The van der Waals surface area contributed by atoms with Crippen LogP contribution in [0.3, 0.4) is 0 Å². The predicted octanol–water partition coefficient (Wildman–Crippen LogP) is 0.197. The Morgan fingerprint density at radius 2 is 1.87 bits per heavy atom. The summed E-state index contributed by atoms with van der Waals surface area (Å²) >= 11 is 0. The van der Waals surface area contributed by atoms with Crippen molar-refractivity contribution in [2.45, 2.75) is 37.8 Å². The number of methoxy groups -OCH3 is 1. The van der Waals surface area contributed by atoms with E-state index in [1.54, 1.807) is 7.11 Å². The van der Waals surface area contributed by atoms with Crippen LogP contribution in [0.1, 0.15) is 25.7 Å². The molecule has 4 nitrogen and oxygen atoms in total. The van der Waals surface area contributed by atoms with Crippen molar-refractivity contribution in [1.29, 1.82) is 0 Å². The third-order valence-corrected chi connectivity index (χ3v) is 3.15. The quantitative estimate of drug-likeness (QED) is 0.689. The summed E-state index contributed by atoms with van der Waals surface area (Å²) in [5, 5.41) is 9.39. The summed E-state index contributed by atoms with van der Waals surface area (Å²) in [7, 11) is 1.65. The first-order valence-electron chi connectivity index (χ1n) is 5.89. The first kappa shape index (κ1) is 12.9. The van der Waals surface area contributed by atoms with Crippen LogP contribution in [0.25, 0.3) is 0 Å². The molecular formula is C11H24N2O2. The van der Waals surface area contributed by atoms with E-state index in [0.717, 1.165) is 13.1 Å². The van der Waals surface area contributed by atoms with E-state index in [2.05, 4.69) is 4.90 Å². The van der Waals surface area contributed by atoms with Gasteiger partial charge in [-0.2, -0.15) is 0 Å². The molecule has 0 radical (unpaired) electrons. The van der Waals surface area contributed by atoms with Crippen LogP contribution in [0.4, 0.5) is 0 Å². The molecule has 0 aliphatic carbocycles. The first-order valence-corrected chi connectivity index (χ1v) is 5.89. The van der Waals surface area contributed by atoms with E-state index in [0.29, 0.717) is 6.61 Å². The van der Waals surface area contributed by atoms with Crippen molar-refractivity contribution >= 4 is 0 Å². The molecule has 1 aliphatic rings. The highest BCUT2D eigenvalue weighted by Crippen LogP contribution is 2.13. The lowest BCUT2D eigenvalue weighted by Crippen LogP contribution is -2.52. The Kier molecular flexibility index (Phi) is 6.17. The first-order chi connectivity index (χ1) is 7.29. The Morgan fingerprint density at radius 3 is 2.33 bits per heavy atom. The zero-order valence-electron chi connectivity index (χ0n) is 9.69. The summed E-state index contributed by atoms with van der Waals surface area (Å²) in [5.41, 5.74) is 5.99. The van der Waals surface area contributed by atoms with Crippen LogP contribution in [0.15, 0.2) is 0 Å². The standard InChI is InChI=1S/C11H24N2O2/c1-15-9-10(12)11(8-14)13-6-4-2-3-5-7-13/h10-11,14H,2-9,12H2,1H3. The summed E-state index contributed by atoms with van der Waals surface area (Å²) in [5.74, 6) is 0. The molecule has 90 valence electrons. The Hall–Kier alpha value is -0.160. The molecule has 0 amide bonds. The zero-order chi connectivity index (χ0) is 11.1. The van der Waals surface area contributed by atoms with Gasteiger partial charge in [0.1, 0.15) is 0 Å². The lowest BCUT2D eigenvalue weighted by molar-refractivity contribution is 0.0724. The molecule has 3 N–H and O–H groups in total. The van der Waals surface area contributed by atoms with Crippen molar-refractivity contribution in [2.24, 2.45) is 5.73 Å². The smallest absolute Gasteiger partial charge is 0.0629 e. The molecule has 1 heterocycles. The maximum absolute atomic E-state index is 9.39. The molecule has 0 saturated carbocycles. The van der Waals surface area contributed by atoms with Crippen LogP contribution in [-0.2, 0) is 4.74 Å². The number of rotatable bonds is 5. The predicted molar refractivity (Wildman–Crippen MR) is 60.8 cm³/mol. The lowest BCUT2D eigenvalue weighted by Gasteiger charge is -2.33. The normalized spacial score (nSPS) is 23.4. The highest BCUT2D eigenvalue weighted by atomic mass is 16.5. The number of hydrogen-bond donors (Lipinski definition) is 2. The summed E-state index contributed by atoms with van der Waals surface area (Å²) in [4.78, 5) is 2.32. The molecule has 4 heteroatoms. The van der Waals surface area contributed by atoms with E-state index in [-0.39, 0.29) is 18.7 Å². The van der Waals surface area contributed by atoms with Crippen molar-refractivity contribution in [3.8, 4) is 0 Å². The van der Waals surface area contributed by atoms with E-state index < -0.39 is 0 Å². The molecule has 1 rings (SSSR count). The average Bonchev–Trinajstić information content (AvgIpc) is 2.48. The van der Waals surface area contributed by atoms with Gasteiger partial charge in [-0.1, -0.05) is 12.8 Å². The van der Waals surface area contributed by atoms with Gasteiger partial charge in [-0.05, 0) is 25.9 Å². The lowest BCUT2D eigenvalue weighted by atomic mass is 10.1. The number of nitrogens with zero attached hydrogens (tertiary/aromatic N) is 1. The Balaban J connectivity index is 2.47. The van der Waals surface area contributed by atoms with Gasteiger partial charge < -0.3 is 15.6 Å². The van der Waals surface area contributed by atoms with E-state index in [1.807, 2.05) is 0 Å². The molecule has 0 aromatic carbocycles. The third-order valence-electron chi connectivity index (χ3n) is 3.15. The van der Waals surface area contributed by atoms with Crippen molar-refractivity contribution in [3.63, 3.8) is 0 Å². The highest BCUT2D eigenvalue weighted by molar-refractivity contribution is 4.82. The van der Waals surface area contributed by atoms with Gasteiger partial charge in [-0.3, -0.25) is 4.90 Å². The minimum Gasteiger partial charge on any atom is -0.395 e. The molecule has 0 spiro atoms. The molecule has 0 bridgehead atoms. The van der Waals surface area contributed by atoms with Crippen LogP contribution in [0, 0.1) is 0 Å². The number of aliphatic hydroxyl groups excluding tert-OH is 1. The minimum absolute atomic E-state index is 0.0584. The Labute approximate surface area is 92.4 Å². The summed E-state index contributed by atoms with van der Waals surface area (Å²) in [6, 6.07) is -0.0267. The van der Waals surface area contributed by atoms with Crippen LogP contribution < -0.4 is 5.73 Å². The highest BCUT2D eigenvalue weighted by Gasteiger charge is 2.24. The third kappa shape index (κ3) is 4.07. The Bertz CT molecular complexity index is 159. The van der Waals surface area contributed by atoms with Crippen LogP contribution in [0.5, 0.6) is 0 Å². The number of ether oxygens (including phenoxy) is 1. The fourth-order valence-corrected chi connectivity index (χ4v) is 2.25. The van der Waals surface area contributed by atoms with Gasteiger partial charge >= 0.3 is 0 Å². The van der Waals surface area contributed by atoms with Gasteiger partial charge in [0, 0.05) is 13.2 Å². The molecule has 0 aromatic rings. The maximum Gasteiger partial charge on any atom is 0.0629 e. The maximum atomic E-state index is 9.39. The summed E-state index contributed by atoms with van der Waals surface area (Å²) in [6.45, 7) is 2.76. The second-order valence-corrected chi connectivity index (χ2v) is 4.32. The van der Waals surface area contributed by atoms with Crippen molar-refractivity contribution in [2.75, 3.05) is 33.4 Å². The van der Waals surface area contributed by atoms with Gasteiger partial charge in [0.2, 0.25) is 0 Å². The van der Waals surface area contributed by atoms with Crippen LogP contribution in [0.2, 0.25) is 0 Å². The number of aliphatic hydroxyl groups is 1. The Morgan fingerprint density at radius 1 is 1.27 bits per heavy atom. The fourth-order valence-electron chi connectivity index (χ4n) is 2.25. The molecular weight excluding hydrogens is 192 g/mol. The second kappa shape index (κ2) is 7.17. The molecule has 1 aliphatic heterocycles. The van der Waals surface area contributed by atoms with E-state index in [9.17, 15) is 5.11 Å². The molecule has 1 saturated heterocycles. The van der Waals surface area contributed by atoms with Crippen molar-refractivity contribution in [3.05, 3.63) is 0 Å². The van der Waals surface area contributed by atoms with Crippen LogP contribution in [-0.4, -0.2) is 55.5 Å². The fraction of sp³-hybridized carbons (Fsp3) is 1.00. The van der Waals surface area contributed by atoms with Gasteiger partial charge in [-0.25, -0.2) is 0 Å². The van der Waals surface area contributed by atoms with Crippen molar-refractivity contribution < 1.29 is 9.84 Å². The second-order valence-electron chi connectivity index (χ2n) is 4.32. The van der Waals surface area contributed by atoms with Gasteiger partial charge in [0.25, 0.3) is 0 Å². The molecule has 1 fully saturated rings. The topological polar surface area (TPSA) is 58.7 Å². The molecule has 0 aromatic heterocycles. The number of hydrogen-bond acceptors (Lipinski definition) is 4. The van der Waals surface area contributed by atoms with Gasteiger partial charge in [-0.15, -0.1) is 0 Å². The monoisotopic (exact) mass is 216 g/mol. The molecule has 2 unspecified atom stereocenters. The van der Waals surface area contributed by atoms with E-state index in [1.165, 1.54) is 25.7 Å². The molecule has 2 atom stereocenters. The minimum atomic E-state index is -0.0851. The average molecular weight is 216 g/mol. The van der Waals surface area contributed by atoms with Gasteiger partial charge in [0.15, 0.2) is 0 Å². The largest absolute Gasteiger partial charge is 0.395 e. The number of nitrogens with two attached hydrogens (primary N) is 1. The molecule has 15 heavy (non-hydrogen) atoms. The SMILES string of the molecule is COCC(N)C(CO)N1CCCCCC1. The van der Waals surface area contributed by atoms with Crippen LogP contribution >= 0.6 is 0 Å². The zero-order valence-corrected chi connectivity index (χ0v) is 9.69. The number of likely N-dealkylation sites (tertiary alicyclic amines) is 1.